The first-order valence-electron chi connectivity index (χ1n) is 8.94. The van der Waals surface area contributed by atoms with Crippen molar-refractivity contribution >= 4 is 30.4 Å². The van der Waals surface area contributed by atoms with E-state index < -0.39 is 7.60 Å². The molecule has 2 heterocycles. The zero-order chi connectivity index (χ0) is 19.0. The van der Waals surface area contributed by atoms with Gasteiger partial charge in [0.05, 0.1) is 25.7 Å². The van der Waals surface area contributed by atoms with Gasteiger partial charge in [0.2, 0.25) is 0 Å². The number of rotatable bonds is 12. The summed E-state index contributed by atoms with van der Waals surface area (Å²) in [6, 6.07) is 0. The van der Waals surface area contributed by atoms with E-state index in [1.54, 1.807) is 6.33 Å². The van der Waals surface area contributed by atoms with Gasteiger partial charge in [0.15, 0.2) is 10.8 Å². The Morgan fingerprint density at radius 1 is 1.12 bits per heavy atom. The Morgan fingerprint density at radius 2 is 1.85 bits per heavy atom. The molecule has 0 radical (unpaired) electrons. The topological polar surface area (TPSA) is 82.4 Å². The summed E-state index contributed by atoms with van der Waals surface area (Å²) in [5.74, 6) is 0. The second kappa shape index (κ2) is 10.3. The van der Waals surface area contributed by atoms with Gasteiger partial charge >= 0.3 is 7.60 Å². The highest BCUT2D eigenvalue weighted by atomic mass is 35.5. The molecular weight excluding hydrogens is 377 g/mol. The third-order valence-electron chi connectivity index (χ3n) is 3.90. The lowest BCUT2D eigenvalue weighted by Gasteiger charge is -2.24. The van der Waals surface area contributed by atoms with Crippen LogP contribution in [0.1, 0.15) is 27.2 Å². The second-order valence-corrected chi connectivity index (χ2v) is 8.33. The summed E-state index contributed by atoms with van der Waals surface area (Å²) in [5.41, 5.74) is 1.32. The minimum absolute atomic E-state index is 0.355. The molecule has 0 aliphatic carbocycles. The van der Waals surface area contributed by atoms with Crippen molar-refractivity contribution in [2.24, 2.45) is 0 Å². The number of aromatic nitrogens is 4. The normalized spacial score (nSPS) is 12.3. The highest BCUT2D eigenvalue weighted by Crippen LogP contribution is 2.47. The fraction of sp³-hybridized carbons (Fsp3) is 0.688. The lowest BCUT2D eigenvalue weighted by atomic mass is 10.4. The molecule has 0 aromatic carbocycles. The van der Waals surface area contributed by atoms with Gasteiger partial charge in [0.25, 0.3) is 0 Å². The van der Waals surface area contributed by atoms with Gasteiger partial charge in [-0.05, 0) is 26.8 Å². The molecule has 146 valence electrons. The summed E-state index contributed by atoms with van der Waals surface area (Å²) in [4.78, 5) is 14.7. The highest BCUT2D eigenvalue weighted by molar-refractivity contribution is 7.53. The molecule has 2 rings (SSSR count). The van der Waals surface area contributed by atoms with E-state index in [0.29, 0.717) is 43.1 Å². The lowest BCUT2D eigenvalue weighted by Crippen LogP contribution is -2.31. The van der Waals surface area contributed by atoms with Gasteiger partial charge in [0, 0.05) is 19.6 Å². The van der Waals surface area contributed by atoms with Gasteiger partial charge < -0.3 is 18.5 Å². The molecule has 0 bridgehead atoms. The Kier molecular flexibility index (Phi) is 8.44. The van der Waals surface area contributed by atoms with Crippen molar-refractivity contribution < 1.29 is 13.6 Å². The number of nitrogens with zero attached hydrogens (tertiary/aromatic N) is 5. The quantitative estimate of drug-likeness (QED) is 0.396. The Balaban J connectivity index is 1.99. The molecule has 26 heavy (non-hydrogen) atoms. The molecule has 0 atom stereocenters. The standard InChI is InChI=1S/C16H27ClN5O3P/c1-4-7-21(10-11-26(23,24-5-2)25-6-3)8-9-22-13-20-14-15(17)18-12-19-16(14)22/h12-13H,4-11H2,1-3H3. The van der Waals surface area contributed by atoms with E-state index in [4.69, 9.17) is 20.6 Å². The van der Waals surface area contributed by atoms with E-state index in [1.165, 1.54) is 6.33 Å². The van der Waals surface area contributed by atoms with Crippen LogP contribution in [0.15, 0.2) is 12.7 Å². The van der Waals surface area contributed by atoms with Crippen molar-refractivity contribution in [2.45, 2.75) is 33.7 Å². The first kappa shape index (κ1) is 21.3. The van der Waals surface area contributed by atoms with E-state index in [0.717, 1.165) is 25.2 Å². The molecule has 0 saturated carbocycles. The summed E-state index contributed by atoms with van der Waals surface area (Å²) in [5, 5.41) is 0.355. The average Bonchev–Trinajstić information content (AvgIpc) is 3.02. The van der Waals surface area contributed by atoms with Crippen LogP contribution in [0.2, 0.25) is 5.15 Å². The zero-order valence-corrected chi connectivity index (χ0v) is 17.2. The minimum atomic E-state index is -3.03. The summed E-state index contributed by atoms with van der Waals surface area (Å²) in [6.07, 6.45) is 4.55. The van der Waals surface area contributed by atoms with Crippen molar-refractivity contribution in [1.29, 1.82) is 0 Å². The van der Waals surface area contributed by atoms with Crippen LogP contribution in [0.25, 0.3) is 11.2 Å². The van der Waals surface area contributed by atoms with Gasteiger partial charge in [-0.15, -0.1) is 0 Å². The molecule has 2 aromatic heterocycles. The molecular formula is C16H27ClN5O3P. The average molecular weight is 404 g/mol. The van der Waals surface area contributed by atoms with Crippen molar-refractivity contribution in [1.82, 2.24) is 24.4 Å². The van der Waals surface area contributed by atoms with E-state index in [1.807, 2.05) is 18.4 Å². The Hall–Kier alpha value is -1.05. The monoisotopic (exact) mass is 403 g/mol. The molecule has 0 amide bonds. The molecule has 0 aliphatic heterocycles. The van der Waals surface area contributed by atoms with Crippen LogP contribution < -0.4 is 0 Å². The summed E-state index contributed by atoms with van der Waals surface area (Å²) < 4.78 is 25.4. The van der Waals surface area contributed by atoms with Crippen LogP contribution in [-0.4, -0.2) is 63.4 Å². The van der Waals surface area contributed by atoms with E-state index in [9.17, 15) is 4.57 Å². The Bertz CT molecular complexity index is 732. The molecule has 10 heteroatoms. The Morgan fingerprint density at radius 3 is 2.50 bits per heavy atom. The maximum absolute atomic E-state index is 12.6. The summed E-state index contributed by atoms with van der Waals surface area (Å²) in [6.45, 7) is 9.57. The molecule has 0 aliphatic rings. The molecule has 0 N–H and O–H groups in total. The van der Waals surface area contributed by atoms with Crippen molar-refractivity contribution in [3.8, 4) is 0 Å². The third kappa shape index (κ3) is 5.72. The predicted molar refractivity (Wildman–Crippen MR) is 103 cm³/mol. The molecule has 2 aromatic rings. The molecule has 0 fully saturated rings. The van der Waals surface area contributed by atoms with Gasteiger partial charge in [-0.3, -0.25) is 4.57 Å². The number of imidazole rings is 1. The summed E-state index contributed by atoms with van der Waals surface area (Å²) in [7, 11) is -3.03. The van der Waals surface area contributed by atoms with Gasteiger partial charge in [-0.25, -0.2) is 15.0 Å². The van der Waals surface area contributed by atoms with Crippen LogP contribution in [0.4, 0.5) is 0 Å². The molecule has 0 saturated heterocycles. The number of halogens is 1. The third-order valence-corrected chi connectivity index (χ3v) is 6.22. The van der Waals surface area contributed by atoms with E-state index in [-0.39, 0.29) is 0 Å². The van der Waals surface area contributed by atoms with Crippen molar-refractivity contribution in [3.63, 3.8) is 0 Å². The van der Waals surface area contributed by atoms with Gasteiger partial charge in [-0.2, -0.15) is 0 Å². The number of hydrogen-bond acceptors (Lipinski definition) is 7. The van der Waals surface area contributed by atoms with Gasteiger partial charge in [0.1, 0.15) is 11.8 Å². The lowest BCUT2D eigenvalue weighted by molar-refractivity contribution is 0.210. The maximum Gasteiger partial charge on any atom is 0.331 e. The van der Waals surface area contributed by atoms with Crippen molar-refractivity contribution in [2.75, 3.05) is 39.0 Å². The zero-order valence-electron chi connectivity index (χ0n) is 15.6. The first-order valence-corrected chi connectivity index (χ1v) is 11.0. The SMILES string of the molecule is CCCN(CCn1cnc2c(Cl)ncnc21)CCP(=O)(OCC)OCC. The fourth-order valence-corrected chi connectivity index (χ4v) is 4.56. The van der Waals surface area contributed by atoms with Crippen molar-refractivity contribution in [3.05, 3.63) is 17.8 Å². The first-order chi connectivity index (χ1) is 12.5. The predicted octanol–water partition coefficient (Wildman–Crippen LogP) is 3.46. The van der Waals surface area contributed by atoms with Crippen LogP contribution in [0.3, 0.4) is 0 Å². The fourth-order valence-electron chi connectivity index (χ4n) is 2.74. The molecule has 0 unspecified atom stereocenters. The summed E-state index contributed by atoms with van der Waals surface area (Å²) >= 11 is 6.05. The van der Waals surface area contributed by atoms with E-state index >= 15 is 0 Å². The van der Waals surface area contributed by atoms with Crippen LogP contribution >= 0.6 is 19.2 Å². The Labute approximate surface area is 159 Å². The number of fused-ring (bicyclic) bond motifs is 1. The van der Waals surface area contributed by atoms with Crippen LogP contribution in [-0.2, 0) is 20.2 Å². The second-order valence-electron chi connectivity index (χ2n) is 5.79. The van der Waals surface area contributed by atoms with Crippen LogP contribution in [0, 0.1) is 0 Å². The maximum atomic E-state index is 12.6. The van der Waals surface area contributed by atoms with E-state index in [2.05, 4.69) is 26.8 Å². The molecule has 0 spiro atoms. The number of hydrogen-bond donors (Lipinski definition) is 0. The minimum Gasteiger partial charge on any atom is -0.314 e. The highest BCUT2D eigenvalue weighted by Gasteiger charge is 2.24. The van der Waals surface area contributed by atoms with Crippen LogP contribution in [0.5, 0.6) is 0 Å². The molecule has 8 nitrogen and oxygen atoms in total. The van der Waals surface area contributed by atoms with Gasteiger partial charge in [-0.1, -0.05) is 18.5 Å². The smallest absolute Gasteiger partial charge is 0.314 e. The largest absolute Gasteiger partial charge is 0.331 e.